The lowest BCUT2D eigenvalue weighted by molar-refractivity contribution is 0.228. The van der Waals surface area contributed by atoms with Gasteiger partial charge in [0, 0.05) is 7.11 Å². The molecule has 2 bridgehead atoms. The van der Waals surface area contributed by atoms with Gasteiger partial charge in [-0.25, -0.2) is 0 Å². The molecule has 0 aromatic heterocycles. The summed E-state index contributed by atoms with van der Waals surface area (Å²) in [5, 5.41) is 0. The Bertz CT molecular complexity index is 365. The highest BCUT2D eigenvalue weighted by atomic mass is 16.5. The summed E-state index contributed by atoms with van der Waals surface area (Å²) in [6.45, 7) is 0.685. The van der Waals surface area contributed by atoms with Gasteiger partial charge in [0.05, 0.1) is 6.61 Å². The number of fused-ring (bicyclic) bond motifs is 2. The van der Waals surface area contributed by atoms with Crippen molar-refractivity contribution < 1.29 is 4.74 Å². The fourth-order valence-electron chi connectivity index (χ4n) is 1.68. The van der Waals surface area contributed by atoms with Gasteiger partial charge in [0.2, 0.25) is 0 Å². The first-order valence-electron chi connectivity index (χ1n) is 4.82. The Morgan fingerprint density at radius 3 is 2.71 bits per heavy atom. The van der Waals surface area contributed by atoms with Crippen molar-refractivity contribution in [1.82, 2.24) is 0 Å². The van der Waals surface area contributed by atoms with Crippen LogP contribution in [-0.4, -0.2) is 13.7 Å². The first kappa shape index (κ1) is 9.22. The molecule has 0 spiro atoms. The molecule has 0 saturated carbocycles. The molecule has 0 aliphatic heterocycles. The smallest absolute Gasteiger partial charge is 0.0713 e. The molecule has 2 aliphatic rings. The summed E-state index contributed by atoms with van der Waals surface area (Å²) in [5.41, 5.74) is 3.94. The minimum absolute atomic E-state index is 0.685. The van der Waals surface area contributed by atoms with Crippen LogP contribution in [-0.2, 0) is 4.74 Å². The van der Waals surface area contributed by atoms with Crippen LogP contribution in [0.4, 0.5) is 0 Å². The Morgan fingerprint density at radius 2 is 1.93 bits per heavy atom. The van der Waals surface area contributed by atoms with E-state index in [0.717, 1.165) is 6.42 Å². The average molecular weight is 186 g/mol. The number of rotatable bonds is 2. The summed E-state index contributed by atoms with van der Waals surface area (Å²) < 4.78 is 5.13. The van der Waals surface area contributed by atoms with E-state index in [1.807, 2.05) is 0 Å². The molecule has 1 nitrogen and oxygen atoms in total. The zero-order valence-electron chi connectivity index (χ0n) is 8.36. The van der Waals surface area contributed by atoms with E-state index < -0.39 is 0 Å². The number of methoxy groups -OCH3 is 1. The second-order valence-electron chi connectivity index (χ2n) is 3.53. The second kappa shape index (κ2) is 4.25. The standard InChI is InChI=1S/C13H14O/c1-14-10-13-7-6-11-4-2-3-5-12(8-11)9-13/h2-7,9H,8,10H2,1H3. The number of hydrogen-bond acceptors (Lipinski definition) is 1. The zero-order valence-corrected chi connectivity index (χ0v) is 8.36. The molecular weight excluding hydrogens is 172 g/mol. The molecule has 2 aliphatic carbocycles. The Kier molecular flexibility index (Phi) is 2.80. The normalized spacial score (nSPS) is 19.4. The maximum atomic E-state index is 5.13. The van der Waals surface area contributed by atoms with Gasteiger partial charge in [0.25, 0.3) is 0 Å². The largest absolute Gasteiger partial charge is 0.380 e. The van der Waals surface area contributed by atoms with E-state index in [4.69, 9.17) is 4.74 Å². The van der Waals surface area contributed by atoms with Crippen LogP contribution < -0.4 is 0 Å². The molecule has 14 heavy (non-hydrogen) atoms. The van der Waals surface area contributed by atoms with Crippen molar-refractivity contribution in [3.8, 4) is 0 Å². The molecule has 2 rings (SSSR count). The van der Waals surface area contributed by atoms with Crippen LogP contribution in [0, 0.1) is 0 Å². The SMILES string of the molecule is COCC1=CC2=CC=CC=C(C=C1)C2. The maximum absolute atomic E-state index is 5.13. The highest BCUT2D eigenvalue weighted by Gasteiger charge is 2.05. The van der Waals surface area contributed by atoms with Crippen molar-refractivity contribution in [2.45, 2.75) is 6.42 Å². The minimum atomic E-state index is 0.685. The summed E-state index contributed by atoms with van der Waals surface area (Å²) in [4.78, 5) is 0. The first-order valence-corrected chi connectivity index (χ1v) is 4.82. The van der Waals surface area contributed by atoms with Crippen molar-refractivity contribution >= 4 is 0 Å². The van der Waals surface area contributed by atoms with Gasteiger partial charge in [-0.05, 0) is 23.1 Å². The molecule has 0 aromatic rings. The second-order valence-corrected chi connectivity index (χ2v) is 3.53. The van der Waals surface area contributed by atoms with E-state index in [1.54, 1.807) is 7.11 Å². The Hall–Kier alpha value is -1.34. The van der Waals surface area contributed by atoms with Crippen molar-refractivity contribution in [1.29, 1.82) is 0 Å². The highest BCUT2D eigenvalue weighted by molar-refractivity contribution is 5.46. The topological polar surface area (TPSA) is 9.23 Å². The number of allylic oxidation sites excluding steroid dienone is 8. The average Bonchev–Trinajstić information content (AvgIpc) is 2.50. The van der Waals surface area contributed by atoms with Crippen molar-refractivity contribution in [3.63, 3.8) is 0 Å². The third-order valence-electron chi connectivity index (χ3n) is 2.33. The molecule has 0 atom stereocenters. The lowest BCUT2D eigenvalue weighted by Crippen LogP contribution is -1.90. The predicted molar refractivity (Wildman–Crippen MR) is 59.0 cm³/mol. The van der Waals surface area contributed by atoms with Crippen LogP contribution in [0.25, 0.3) is 0 Å². The summed E-state index contributed by atoms with van der Waals surface area (Å²) in [6.07, 6.45) is 16.0. The van der Waals surface area contributed by atoms with Gasteiger partial charge in [-0.3, -0.25) is 0 Å². The number of ether oxygens (including phenoxy) is 1. The molecule has 0 unspecified atom stereocenters. The van der Waals surface area contributed by atoms with Crippen LogP contribution in [0.5, 0.6) is 0 Å². The van der Waals surface area contributed by atoms with E-state index in [-0.39, 0.29) is 0 Å². The van der Waals surface area contributed by atoms with E-state index >= 15 is 0 Å². The Labute approximate surface area is 84.8 Å². The molecule has 0 fully saturated rings. The molecule has 72 valence electrons. The van der Waals surface area contributed by atoms with Crippen LogP contribution in [0.3, 0.4) is 0 Å². The molecule has 1 heteroatoms. The summed E-state index contributed by atoms with van der Waals surface area (Å²) >= 11 is 0. The number of hydrogen-bond donors (Lipinski definition) is 0. The van der Waals surface area contributed by atoms with Gasteiger partial charge in [-0.2, -0.15) is 0 Å². The maximum Gasteiger partial charge on any atom is 0.0713 e. The molecule has 0 saturated heterocycles. The molecule has 0 heterocycles. The van der Waals surface area contributed by atoms with Crippen LogP contribution in [0.2, 0.25) is 0 Å². The molecule has 0 N–H and O–H groups in total. The third kappa shape index (κ3) is 2.12. The Morgan fingerprint density at radius 1 is 1.14 bits per heavy atom. The van der Waals surface area contributed by atoms with Crippen molar-refractivity contribution in [2.75, 3.05) is 13.7 Å². The lowest BCUT2D eigenvalue weighted by Gasteiger charge is -2.00. The van der Waals surface area contributed by atoms with Gasteiger partial charge < -0.3 is 4.74 Å². The molecule has 0 aromatic carbocycles. The molecule has 0 radical (unpaired) electrons. The van der Waals surface area contributed by atoms with E-state index in [1.165, 1.54) is 16.7 Å². The fourth-order valence-corrected chi connectivity index (χ4v) is 1.68. The monoisotopic (exact) mass is 186 g/mol. The third-order valence-corrected chi connectivity index (χ3v) is 2.33. The zero-order chi connectivity index (χ0) is 9.80. The summed E-state index contributed by atoms with van der Waals surface area (Å²) in [7, 11) is 1.73. The first-order chi connectivity index (χ1) is 6.88. The van der Waals surface area contributed by atoms with Gasteiger partial charge in [0.15, 0.2) is 0 Å². The molecular formula is C13H14O. The van der Waals surface area contributed by atoms with Gasteiger partial charge in [-0.1, -0.05) is 42.5 Å². The summed E-state index contributed by atoms with van der Waals surface area (Å²) in [6, 6.07) is 0. The summed E-state index contributed by atoms with van der Waals surface area (Å²) in [5.74, 6) is 0. The minimum Gasteiger partial charge on any atom is -0.380 e. The van der Waals surface area contributed by atoms with Crippen LogP contribution >= 0.6 is 0 Å². The van der Waals surface area contributed by atoms with Crippen molar-refractivity contribution in [3.05, 3.63) is 59.3 Å². The van der Waals surface area contributed by atoms with E-state index in [9.17, 15) is 0 Å². The van der Waals surface area contributed by atoms with Crippen LogP contribution in [0.15, 0.2) is 59.3 Å². The lowest BCUT2D eigenvalue weighted by atomic mass is 10.1. The molecule has 0 amide bonds. The van der Waals surface area contributed by atoms with E-state index in [2.05, 4.69) is 42.5 Å². The quantitative estimate of drug-likeness (QED) is 0.644. The Balaban J connectivity index is 2.32. The highest BCUT2D eigenvalue weighted by Crippen LogP contribution is 2.22. The van der Waals surface area contributed by atoms with Crippen LogP contribution in [0.1, 0.15) is 6.42 Å². The predicted octanol–water partition coefficient (Wildman–Crippen LogP) is 2.94. The van der Waals surface area contributed by atoms with E-state index in [0.29, 0.717) is 6.61 Å². The van der Waals surface area contributed by atoms with Gasteiger partial charge in [0.1, 0.15) is 0 Å². The van der Waals surface area contributed by atoms with Crippen molar-refractivity contribution in [2.24, 2.45) is 0 Å². The van der Waals surface area contributed by atoms with Gasteiger partial charge >= 0.3 is 0 Å². The fraction of sp³-hybridized carbons (Fsp3) is 0.231. The van der Waals surface area contributed by atoms with Gasteiger partial charge in [-0.15, -0.1) is 0 Å².